The van der Waals surface area contributed by atoms with Crippen LogP contribution >= 0.6 is 0 Å². The van der Waals surface area contributed by atoms with Gasteiger partial charge in [-0.1, -0.05) is 0 Å². The van der Waals surface area contributed by atoms with E-state index in [1.54, 1.807) is 0 Å². The number of carbonyl (C=O) groups is 1. The molecule has 70 valence electrons. The third kappa shape index (κ3) is 3.38. The van der Waals surface area contributed by atoms with Crippen LogP contribution in [-0.4, -0.2) is 34.0 Å². The Balaban J connectivity index is 2.55. The number of benzene rings is 1. The van der Waals surface area contributed by atoms with Crippen LogP contribution in [0.1, 0.15) is 6.92 Å². The van der Waals surface area contributed by atoms with Gasteiger partial charge in [-0.05, 0) is 0 Å². The minimum atomic E-state index is -0.439. The molecule has 0 aromatic heterocycles. The molecule has 0 unspecified atom stereocenters. The first-order valence-corrected chi connectivity index (χ1v) is 6.54. The molecule has 0 saturated heterocycles. The van der Waals surface area contributed by atoms with Crippen molar-refractivity contribution >= 4 is 30.5 Å². The van der Waals surface area contributed by atoms with Gasteiger partial charge in [0, 0.05) is 0 Å². The molecule has 0 bridgehead atoms. The molecule has 0 N–H and O–H groups in total. The first-order chi connectivity index (χ1) is 6.24. The Morgan fingerprint density at radius 1 is 1.38 bits per heavy atom. The predicted molar refractivity (Wildman–Crippen MR) is 53.3 cm³/mol. The first kappa shape index (κ1) is 10.6. The van der Waals surface area contributed by atoms with E-state index in [-0.39, 0.29) is 9.94 Å². The normalized spacial score (nSPS) is 12.2. The van der Waals surface area contributed by atoms with Gasteiger partial charge in [0.15, 0.2) is 0 Å². The zero-order valence-electron chi connectivity index (χ0n) is 7.69. The third-order valence-corrected chi connectivity index (χ3v) is 4.70. The summed E-state index contributed by atoms with van der Waals surface area (Å²) in [6.07, 6.45) is 0. The van der Waals surface area contributed by atoms with Gasteiger partial charge in [-0.25, -0.2) is 0 Å². The Hall–Kier alpha value is -0.520. The van der Waals surface area contributed by atoms with Crippen molar-refractivity contribution in [2.45, 2.75) is 10.9 Å². The molecule has 2 nitrogen and oxygen atoms in total. The predicted octanol–water partition coefficient (Wildman–Crippen LogP) is 0.997. The summed E-state index contributed by atoms with van der Waals surface area (Å²) in [6.45, 7) is 1.93. The molecule has 13 heavy (non-hydrogen) atoms. The van der Waals surface area contributed by atoms with Crippen LogP contribution in [0.3, 0.4) is 0 Å². The van der Waals surface area contributed by atoms with Crippen LogP contribution in [0, 0.1) is 0 Å². The quantitative estimate of drug-likeness (QED) is 0.613. The Morgan fingerprint density at radius 2 is 2.00 bits per heavy atom. The maximum absolute atomic E-state index is 11.1. The van der Waals surface area contributed by atoms with Gasteiger partial charge in [-0.2, -0.15) is 0 Å². The first-order valence-electron chi connectivity index (χ1n) is 4.03. The van der Waals surface area contributed by atoms with Crippen LogP contribution in [0.15, 0.2) is 30.3 Å². The topological polar surface area (TPSA) is 26.3 Å². The Bertz CT molecular complexity index is 272. The molecule has 3 heteroatoms. The third-order valence-electron chi connectivity index (χ3n) is 1.59. The number of carbonyl (C=O) groups excluding carboxylic acids is 1. The monoisotopic (exact) mass is 294 g/mol. The molecule has 0 spiro atoms. The second-order valence-corrected chi connectivity index (χ2v) is 6.63. The molecule has 0 radical (unpaired) electrons. The summed E-state index contributed by atoms with van der Waals surface area (Å²) in [5.41, 5.74) is 0. The second kappa shape index (κ2) is 5.26. The van der Waals surface area contributed by atoms with Gasteiger partial charge in [0.2, 0.25) is 0 Å². The van der Waals surface area contributed by atoms with Gasteiger partial charge in [-0.3, -0.25) is 0 Å². The zero-order valence-corrected chi connectivity index (χ0v) is 10.0. The fourth-order valence-electron chi connectivity index (χ4n) is 0.917. The van der Waals surface area contributed by atoms with Crippen LogP contribution in [0.2, 0.25) is 3.97 Å². The molecule has 1 rings (SSSR count). The van der Waals surface area contributed by atoms with Gasteiger partial charge in [0.25, 0.3) is 0 Å². The van der Waals surface area contributed by atoms with Crippen molar-refractivity contribution in [3.63, 3.8) is 0 Å². The zero-order chi connectivity index (χ0) is 9.68. The number of hydrogen-bond donors (Lipinski definition) is 0. The van der Waals surface area contributed by atoms with Crippen molar-refractivity contribution < 1.29 is 9.53 Å². The van der Waals surface area contributed by atoms with Gasteiger partial charge < -0.3 is 0 Å². The molecule has 1 atom stereocenters. The maximum atomic E-state index is 11.1. The minimum absolute atomic E-state index is 0.0674. The summed E-state index contributed by atoms with van der Waals surface area (Å²) in [7, 11) is 1.44. The SMILES string of the molecule is COC(=O)[C@@H](C)[Te]c1ccccc1. The van der Waals surface area contributed by atoms with Gasteiger partial charge in [0.05, 0.1) is 0 Å². The molecule has 0 aliphatic carbocycles. The summed E-state index contributed by atoms with van der Waals surface area (Å²) in [4.78, 5) is 11.1. The molecule has 0 fully saturated rings. The van der Waals surface area contributed by atoms with Crippen LogP contribution in [0.25, 0.3) is 0 Å². The van der Waals surface area contributed by atoms with Gasteiger partial charge in [-0.15, -0.1) is 0 Å². The Labute approximate surface area is 88.4 Å². The summed E-state index contributed by atoms with van der Waals surface area (Å²) in [6, 6.07) is 10.1. The number of esters is 1. The van der Waals surface area contributed by atoms with E-state index < -0.39 is 20.9 Å². The number of methoxy groups -OCH3 is 1. The summed E-state index contributed by atoms with van der Waals surface area (Å²) in [5.74, 6) is -0.0914. The molecule has 0 aliphatic heterocycles. The van der Waals surface area contributed by atoms with E-state index in [1.165, 1.54) is 10.7 Å². The average molecular weight is 292 g/mol. The van der Waals surface area contributed by atoms with E-state index in [2.05, 4.69) is 16.9 Å². The summed E-state index contributed by atoms with van der Waals surface area (Å²) < 4.78 is 6.04. The van der Waals surface area contributed by atoms with Crippen LogP contribution < -0.4 is 3.61 Å². The van der Waals surface area contributed by atoms with Gasteiger partial charge in [0.1, 0.15) is 0 Å². The molecular formula is C10H12O2Te. The Morgan fingerprint density at radius 3 is 2.54 bits per heavy atom. The molecular weight excluding hydrogens is 280 g/mol. The van der Waals surface area contributed by atoms with Crippen molar-refractivity contribution in [2.24, 2.45) is 0 Å². The number of ether oxygens (including phenoxy) is 1. The van der Waals surface area contributed by atoms with E-state index in [0.29, 0.717) is 0 Å². The van der Waals surface area contributed by atoms with Crippen molar-refractivity contribution in [3.05, 3.63) is 30.3 Å². The average Bonchev–Trinajstić information content (AvgIpc) is 2.18. The van der Waals surface area contributed by atoms with Crippen molar-refractivity contribution in [1.82, 2.24) is 0 Å². The fraction of sp³-hybridized carbons (Fsp3) is 0.300. The van der Waals surface area contributed by atoms with Crippen molar-refractivity contribution in [1.29, 1.82) is 0 Å². The molecule has 0 heterocycles. The van der Waals surface area contributed by atoms with Crippen molar-refractivity contribution in [2.75, 3.05) is 7.11 Å². The molecule has 0 amide bonds. The fourth-order valence-corrected chi connectivity index (χ4v) is 3.53. The number of rotatable bonds is 3. The molecule has 0 saturated carbocycles. The van der Waals surface area contributed by atoms with E-state index in [9.17, 15) is 4.79 Å². The van der Waals surface area contributed by atoms with E-state index >= 15 is 0 Å². The van der Waals surface area contributed by atoms with E-state index in [0.717, 1.165) is 0 Å². The summed E-state index contributed by atoms with van der Waals surface area (Å²) in [5, 5.41) is 0. The van der Waals surface area contributed by atoms with Crippen LogP contribution in [-0.2, 0) is 9.53 Å². The van der Waals surface area contributed by atoms with E-state index in [4.69, 9.17) is 0 Å². The molecule has 1 aromatic carbocycles. The van der Waals surface area contributed by atoms with Crippen LogP contribution in [0.4, 0.5) is 0 Å². The number of hydrogen-bond acceptors (Lipinski definition) is 2. The Kier molecular flexibility index (Phi) is 4.27. The molecule has 1 aromatic rings. The standard InChI is InChI=1S/C10H12O2Te/c1-8(10(11)12-2)13-9-6-4-3-5-7-9/h3-8H,1-2H3/t8-/m1/s1. The van der Waals surface area contributed by atoms with Crippen molar-refractivity contribution in [3.8, 4) is 0 Å². The van der Waals surface area contributed by atoms with E-state index in [1.807, 2.05) is 25.1 Å². The molecule has 0 aliphatic rings. The second-order valence-electron chi connectivity index (χ2n) is 2.60. The summed E-state index contributed by atoms with van der Waals surface area (Å²) >= 11 is -0.439. The van der Waals surface area contributed by atoms with Crippen LogP contribution in [0.5, 0.6) is 0 Å². The van der Waals surface area contributed by atoms with Gasteiger partial charge >= 0.3 is 88.4 Å².